The van der Waals surface area contributed by atoms with Gasteiger partial charge in [0.1, 0.15) is 11.6 Å². The maximum absolute atomic E-state index is 12.5. The summed E-state index contributed by atoms with van der Waals surface area (Å²) >= 11 is 0. The SMILES string of the molecule is CC(C)N1CCC2(CC1)NC(=O)N(C(C)C(=O)O)C2=O. The van der Waals surface area contributed by atoms with Gasteiger partial charge in [-0.3, -0.25) is 4.79 Å². The van der Waals surface area contributed by atoms with Crippen LogP contribution >= 0.6 is 0 Å². The fourth-order valence-corrected chi connectivity index (χ4v) is 2.86. The minimum absolute atomic E-state index is 0.397. The van der Waals surface area contributed by atoms with Gasteiger partial charge >= 0.3 is 12.0 Å². The van der Waals surface area contributed by atoms with E-state index in [1.165, 1.54) is 6.92 Å². The summed E-state index contributed by atoms with van der Waals surface area (Å²) in [6.07, 6.45) is 1.05. The Labute approximate surface area is 117 Å². The number of carboxylic acids is 1. The first kappa shape index (κ1) is 14.8. The van der Waals surface area contributed by atoms with Crippen LogP contribution in [-0.4, -0.2) is 63.5 Å². The molecule has 20 heavy (non-hydrogen) atoms. The van der Waals surface area contributed by atoms with Gasteiger partial charge in [0, 0.05) is 19.1 Å². The van der Waals surface area contributed by atoms with Gasteiger partial charge in [-0.2, -0.15) is 0 Å². The number of imide groups is 1. The molecule has 2 saturated heterocycles. The lowest BCUT2D eigenvalue weighted by Crippen LogP contribution is -2.56. The van der Waals surface area contributed by atoms with Crippen molar-refractivity contribution in [3.63, 3.8) is 0 Å². The Balaban J connectivity index is 2.14. The maximum atomic E-state index is 12.5. The van der Waals surface area contributed by atoms with Crippen LogP contribution in [0, 0.1) is 0 Å². The molecule has 2 N–H and O–H groups in total. The monoisotopic (exact) mass is 283 g/mol. The number of nitrogens with one attached hydrogen (secondary N) is 1. The van der Waals surface area contributed by atoms with E-state index in [2.05, 4.69) is 24.1 Å². The Morgan fingerprint density at radius 2 is 1.80 bits per heavy atom. The number of aliphatic carboxylic acids is 1. The van der Waals surface area contributed by atoms with Crippen LogP contribution in [-0.2, 0) is 9.59 Å². The fraction of sp³-hybridized carbons (Fsp3) is 0.769. The topological polar surface area (TPSA) is 90.0 Å². The third-order valence-electron chi connectivity index (χ3n) is 4.32. The Hall–Kier alpha value is -1.63. The molecular formula is C13H21N3O4. The normalized spacial score (nSPS) is 24.3. The van der Waals surface area contributed by atoms with Crippen LogP contribution in [0.5, 0.6) is 0 Å². The van der Waals surface area contributed by atoms with Gasteiger partial charge < -0.3 is 15.3 Å². The number of nitrogens with zero attached hydrogens (tertiary/aromatic N) is 2. The molecule has 2 rings (SSSR count). The Morgan fingerprint density at radius 3 is 2.25 bits per heavy atom. The highest BCUT2D eigenvalue weighted by atomic mass is 16.4. The molecule has 3 amide bonds. The van der Waals surface area contributed by atoms with Gasteiger partial charge in [0.2, 0.25) is 0 Å². The standard InChI is InChI=1S/C13H21N3O4/c1-8(2)15-6-4-13(5-7-15)11(19)16(12(20)14-13)9(3)10(17)18/h8-9H,4-7H2,1-3H3,(H,14,20)(H,17,18). The average molecular weight is 283 g/mol. The molecule has 0 aliphatic carbocycles. The molecule has 0 aromatic rings. The predicted octanol–water partition coefficient (Wildman–Crippen LogP) is 0.254. The number of carbonyl (C=O) groups is 3. The number of hydrogen-bond acceptors (Lipinski definition) is 4. The second-order valence-corrected chi connectivity index (χ2v) is 5.83. The third-order valence-corrected chi connectivity index (χ3v) is 4.32. The van der Waals surface area contributed by atoms with Crippen molar-refractivity contribution in [3.05, 3.63) is 0 Å². The maximum Gasteiger partial charge on any atom is 0.326 e. The van der Waals surface area contributed by atoms with E-state index in [-0.39, 0.29) is 0 Å². The number of rotatable bonds is 3. The van der Waals surface area contributed by atoms with Gasteiger partial charge in [-0.25, -0.2) is 14.5 Å². The van der Waals surface area contributed by atoms with Crippen molar-refractivity contribution in [2.75, 3.05) is 13.1 Å². The van der Waals surface area contributed by atoms with E-state index in [4.69, 9.17) is 5.11 Å². The molecule has 0 radical (unpaired) electrons. The van der Waals surface area contributed by atoms with Crippen molar-refractivity contribution >= 4 is 17.9 Å². The number of piperidine rings is 1. The van der Waals surface area contributed by atoms with Crippen LogP contribution in [0.3, 0.4) is 0 Å². The molecule has 0 bridgehead atoms. The van der Waals surface area contributed by atoms with Crippen LogP contribution in [0.2, 0.25) is 0 Å². The first-order valence-corrected chi connectivity index (χ1v) is 6.91. The largest absolute Gasteiger partial charge is 0.480 e. The molecule has 0 aromatic carbocycles. The number of carboxylic acid groups (broad SMARTS) is 1. The van der Waals surface area contributed by atoms with Crippen LogP contribution < -0.4 is 5.32 Å². The van der Waals surface area contributed by atoms with Gasteiger partial charge in [-0.1, -0.05) is 0 Å². The quantitative estimate of drug-likeness (QED) is 0.725. The highest BCUT2D eigenvalue weighted by Crippen LogP contribution is 2.31. The van der Waals surface area contributed by atoms with Crippen molar-refractivity contribution in [3.8, 4) is 0 Å². The molecule has 2 heterocycles. The van der Waals surface area contributed by atoms with E-state index in [0.29, 0.717) is 18.9 Å². The van der Waals surface area contributed by atoms with Gasteiger partial charge in [0.25, 0.3) is 5.91 Å². The van der Waals surface area contributed by atoms with E-state index in [9.17, 15) is 14.4 Å². The molecule has 0 aromatic heterocycles. The van der Waals surface area contributed by atoms with Crippen molar-refractivity contribution in [2.45, 2.75) is 51.2 Å². The highest BCUT2D eigenvalue weighted by molar-refractivity contribution is 6.09. The molecule has 7 nitrogen and oxygen atoms in total. The van der Waals surface area contributed by atoms with Gasteiger partial charge in [-0.15, -0.1) is 0 Å². The zero-order valence-electron chi connectivity index (χ0n) is 12.0. The molecular weight excluding hydrogens is 262 g/mol. The number of amides is 3. The molecule has 1 spiro atoms. The predicted molar refractivity (Wildman–Crippen MR) is 71.1 cm³/mol. The molecule has 2 fully saturated rings. The molecule has 1 atom stereocenters. The number of urea groups is 1. The van der Waals surface area contributed by atoms with E-state index >= 15 is 0 Å². The summed E-state index contributed by atoms with van der Waals surface area (Å²) in [5, 5.41) is 11.7. The Morgan fingerprint density at radius 1 is 1.25 bits per heavy atom. The van der Waals surface area contributed by atoms with E-state index < -0.39 is 29.5 Å². The lowest BCUT2D eigenvalue weighted by molar-refractivity contribution is -0.147. The summed E-state index contributed by atoms with van der Waals surface area (Å²) in [6.45, 7) is 6.97. The number of carbonyl (C=O) groups excluding carboxylic acids is 2. The molecule has 0 saturated carbocycles. The highest BCUT2D eigenvalue weighted by Gasteiger charge is 2.54. The van der Waals surface area contributed by atoms with Crippen molar-refractivity contribution in [2.24, 2.45) is 0 Å². The van der Waals surface area contributed by atoms with Crippen LogP contribution in [0.1, 0.15) is 33.6 Å². The van der Waals surface area contributed by atoms with E-state index in [0.717, 1.165) is 18.0 Å². The van der Waals surface area contributed by atoms with E-state index in [1.807, 2.05) is 0 Å². The first-order chi connectivity index (χ1) is 9.28. The smallest absolute Gasteiger partial charge is 0.326 e. The van der Waals surface area contributed by atoms with Gasteiger partial charge in [0.05, 0.1) is 0 Å². The fourth-order valence-electron chi connectivity index (χ4n) is 2.86. The zero-order chi connectivity index (χ0) is 15.1. The van der Waals surface area contributed by atoms with Gasteiger partial charge in [-0.05, 0) is 33.6 Å². The zero-order valence-corrected chi connectivity index (χ0v) is 12.0. The summed E-state index contributed by atoms with van der Waals surface area (Å²) in [6, 6.07) is -1.33. The van der Waals surface area contributed by atoms with Gasteiger partial charge in [0.15, 0.2) is 0 Å². The van der Waals surface area contributed by atoms with Crippen molar-refractivity contribution in [1.29, 1.82) is 0 Å². The summed E-state index contributed by atoms with van der Waals surface area (Å²) in [5.74, 6) is -1.58. The second-order valence-electron chi connectivity index (χ2n) is 5.83. The lowest BCUT2D eigenvalue weighted by Gasteiger charge is -2.39. The van der Waals surface area contributed by atoms with Crippen molar-refractivity contribution in [1.82, 2.24) is 15.1 Å². The van der Waals surface area contributed by atoms with Crippen LogP contribution in [0.4, 0.5) is 4.79 Å². The molecule has 1 unspecified atom stereocenters. The van der Waals surface area contributed by atoms with Crippen LogP contribution in [0.15, 0.2) is 0 Å². The number of hydrogen-bond donors (Lipinski definition) is 2. The Kier molecular flexibility index (Phi) is 3.73. The van der Waals surface area contributed by atoms with Crippen LogP contribution in [0.25, 0.3) is 0 Å². The summed E-state index contributed by atoms with van der Waals surface area (Å²) < 4.78 is 0. The molecule has 7 heteroatoms. The molecule has 2 aliphatic heterocycles. The second kappa shape index (κ2) is 5.05. The first-order valence-electron chi connectivity index (χ1n) is 6.91. The summed E-state index contributed by atoms with van der Waals surface area (Å²) in [5.41, 5.74) is -0.911. The van der Waals surface area contributed by atoms with Crippen molar-refractivity contribution < 1.29 is 19.5 Å². The average Bonchev–Trinajstić information content (AvgIpc) is 2.61. The molecule has 2 aliphatic rings. The minimum Gasteiger partial charge on any atom is -0.480 e. The summed E-state index contributed by atoms with van der Waals surface area (Å²) in [4.78, 5) is 38.5. The lowest BCUT2D eigenvalue weighted by atomic mass is 9.87. The minimum atomic E-state index is -1.18. The Bertz CT molecular complexity index is 441. The van der Waals surface area contributed by atoms with E-state index in [1.54, 1.807) is 0 Å². The number of likely N-dealkylation sites (tertiary alicyclic amines) is 1. The third kappa shape index (κ3) is 2.26. The summed E-state index contributed by atoms with van der Waals surface area (Å²) in [7, 11) is 0. The molecule has 112 valence electrons.